The van der Waals surface area contributed by atoms with Crippen molar-refractivity contribution in [3.63, 3.8) is 0 Å². The largest absolute Gasteiger partial charge is 0.396 e. The molecule has 1 fully saturated rings. The maximum absolute atomic E-state index is 6.10. The smallest absolute Gasteiger partial charge is 0.370 e. The van der Waals surface area contributed by atoms with Gasteiger partial charge < -0.3 is 13.6 Å². The molecule has 0 aromatic heterocycles. The number of benzene rings is 2. The lowest BCUT2D eigenvalue weighted by Gasteiger charge is -2.48. The average molecular weight is 359 g/mol. The molecule has 0 N–H and O–H groups in total. The zero-order valence-corrected chi connectivity index (χ0v) is 16.7. The summed E-state index contributed by atoms with van der Waals surface area (Å²) < 4.78 is 18.1. The normalized spacial score (nSPS) is 23.0. The number of methoxy groups -OCH3 is 1. The molecule has 0 amide bonds. The lowest BCUT2D eigenvalue weighted by Crippen LogP contribution is -2.64. The highest BCUT2D eigenvalue weighted by atomic mass is 28.4. The summed E-state index contributed by atoms with van der Waals surface area (Å²) in [6, 6.07) is 16.4. The lowest BCUT2D eigenvalue weighted by atomic mass is 9.99. The summed E-state index contributed by atoms with van der Waals surface area (Å²) in [7, 11) is 3.13. The van der Waals surface area contributed by atoms with E-state index < -0.39 is 8.56 Å². The molecule has 136 valence electrons. The summed E-state index contributed by atoms with van der Waals surface area (Å²) in [5.41, 5.74) is 1.39. The van der Waals surface area contributed by atoms with E-state index in [1.807, 2.05) is 7.11 Å². The Morgan fingerprint density at radius 3 is 2.44 bits per heavy atom. The molecule has 1 unspecified atom stereocenters. The topological polar surface area (TPSA) is 27.7 Å². The van der Waals surface area contributed by atoms with Crippen LogP contribution in [0.5, 0.6) is 0 Å². The van der Waals surface area contributed by atoms with Crippen molar-refractivity contribution in [3.05, 3.63) is 48.0 Å². The first kappa shape index (κ1) is 18.6. The van der Waals surface area contributed by atoms with Gasteiger partial charge in [0, 0.05) is 21.3 Å². The SMILES string of the molecule is COC1(CCCc2ccc3ccccc3c2)CCCC[Si]1(OC)OC. The van der Waals surface area contributed by atoms with Crippen molar-refractivity contribution >= 4 is 19.3 Å². The van der Waals surface area contributed by atoms with E-state index >= 15 is 0 Å². The second kappa shape index (κ2) is 8.00. The van der Waals surface area contributed by atoms with Crippen LogP contribution in [0.3, 0.4) is 0 Å². The van der Waals surface area contributed by atoms with Gasteiger partial charge in [-0.15, -0.1) is 0 Å². The van der Waals surface area contributed by atoms with Crippen LogP contribution < -0.4 is 0 Å². The molecule has 1 heterocycles. The first-order chi connectivity index (χ1) is 12.2. The molecule has 25 heavy (non-hydrogen) atoms. The van der Waals surface area contributed by atoms with Crippen molar-refractivity contribution in [2.45, 2.75) is 49.8 Å². The van der Waals surface area contributed by atoms with Crippen LogP contribution in [-0.2, 0) is 20.0 Å². The molecule has 0 spiro atoms. The Labute approximate surface area is 152 Å². The molecule has 2 aromatic carbocycles. The molecule has 2 aromatic rings. The molecule has 1 saturated heterocycles. The summed E-state index contributed by atoms with van der Waals surface area (Å²) in [6.45, 7) is 0. The Bertz CT molecular complexity index is 698. The third-order valence-corrected chi connectivity index (χ3v) is 10.4. The first-order valence-corrected chi connectivity index (χ1v) is 11.3. The molecular formula is C21H30O3Si. The molecule has 0 aliphatic carbocycles. The van der Waals surface area contributed by atoms with E-state index in [0.717, 1.165) is 31.7 Å². The fourth-order valence-electron chi connectivity index (χ4n) is 4.49. The van der Waals surface area contributed by atoms with Crippen LogP contribution in [0.2, 0.25) is 6.04 Å². The third kappa shape index (κ3) is 3.54. The molecule has 0 bridgehead atoms. The van der Waals surface area contributed by atoms with E-state index in [0.29, 0.717) is 0 Å². The average Bonchev–Trinajstić information content (AvgIpc) is 2.68. The van der Waals surface area contributed by atoms with Crippen molar-refractivity contribution in [3.8, 4) is 0 Å². The number of hydrogen-bond acceptors (Lipinski definition) is 3. The van der Waals surface area contributed by atoms with Crippen LogP contribution in [0.4, 0.5) is 0 Å². The molecule has 3 nitrogen and oxygen atoms in total. The van der Waals surface area contributed by atoms with Crippen LogP contribution in [0.25, 0.3) is 10.8 Å². The van der Waals surface area contributed by atoms with Crippen molar-refractivity contribution in [2.75, 3.05) is 21.3 Å². The van der Waals surface area contributed by atoms with Gasteiger partial charge in [-0.2, -0.15) is 0 Å². The summed E-state index contributed by atoms with van der Waals surface area (Å²) in [6.07, 6.45) is 6.59. The van der Waals surface area contributed by atoms with Crippen LogP contribution >= 0.6 is 0 Å². The summed E-state index contributed by atoms with van der Waals surface area (Å²) in [4.78, 5) is 0. The first-order valence-electron chi connectivity index (χ1n) is 9.32. The molecule has 0 saturated carbocycles. The van der Waals surface area contributed by atoms with Crippen molar-refractivity contribution in [2.24, 2.45) is 0 Å². The predicted molar refractivity (Wildman–Crippen MR) is 105 cm³/mol. The van der Waals surface area contributed by atoms with Gasteiger partial charge in [-0.25, -0.2) is 0 Å². The highest BCUT2D eigenvalue weighted by Gasteiger charge is 2.58. The molecule has 1 aliphatic rings. The number of aryl methyl sites for hydroxylation is 1. The monoisotopic (exact) mass is 358 g/mol. The fourth-order valence-corrected chi connectivity index (χ4v) is 8.41. The number of rotatable bonds is 7. The van der Waals surface area contributed by atoms with Crippen molar-refractivity contribution in [1.82, 2.24) is 0 Å². The Kier molecular flexibility index (Phi) is 5.95. The molecule has 1 aliphatic heterocycles. The zero-order chi connectivity index (χ0) is 17.8. The minimum atomic E-state index is -2.31. The third-order valence-electron chi connectivity index (χ3n) is 5.94. The standard InChI is InChI=1S/C21H30O3Si/c1-22-21(14-6-7-16-25(21,23-2)24-3)15-8-9-18-12-13-19-10-4-5-11-20(19)17-18/h4-5,10-13,17H,6-9,14-16H2,1-3H3. The fraction of sp³-hybridized carbons (Fsp3) is 0.524. The van der Waals surface area contributed by atoms with E-state index in [-0.39, 0.29) is 5.22 Å². The van der Waals surface area contributed by atoms with Gasteiger partial charge in [0.1, 0.15) is 5.22 Å². The highest BCUT2D eigenvalue weighted by molar-refractivity contribution is 6.70. The summed E-state index contributed by atoms with van der Waals surface area (Å²) in [5.74, 6) is 0. The maximum Gasteiger partial charge on any atom is 0.370 e. The van der Waals surface area contributed by atoms with E-state index in [4.69, 9.17) is 13.6 Å². The van der Waals surface area contributed by atoms with Gasteiger partial charge in [0.25, 0.3) is 0 Å². The van der Waals surface area contributed by atoms with Crippen molar-refractivity contribution < 1.29 is 13.6 Å². The molecular weight excluding hydrogens is 328 g/mol. The van der Waals surface area contributed by atoms with Crippen LogP contribution in [0.15, 0.2) is 42.5 Å². The molecule has 1 atom stereocenters. The second-order valence-corrected chi connectivity index (χ2v) is 10.8. The van der Waals surface area contributed by atoms with Crippen LogP contribution in [-0.4, -0.2) is 35.1 Å². The zero-order valence-electron chi connectivity index (χ0n) is 15.7. The van der Waals surface area contributed by atoms with Gasteiger partial charge in [0.2, 0.25) is 0 Å². The predicted octanol–water partition coefficient (Wildman–Crippen LogP) is 5.01. The van der Waals surface area contributed by atoms with Crippen molar-refractivity contribution in [1.29, 1.82) is 0 Å². The Hall–Kier alpha value is -1.20. The van der Waals surface area contributed by atoms with Crippen LogP contribution in [0.1, 0.15) is 37.7 Å². The minimum absolute atomic E-state index is 0.217. The number of fused-ring (bicyclic) bond motifs is 1. The maximum atomic E-state index is 6.10. The summed E-state index contributed by atoms with van der Waals surface area (Å²) >= 11 is 0. The van der Waals surface area contributed by atoms with E-state index in [1.54, 1.807) is 14.2 Å². The molecule has 4 heteroatoms. The lowest BCUT2D eigenvalue weighted by molar-refractivity contribution is -0.0156. The van der Waals surface area contributed by atoms with E-state index in [1.165, 1.54) is 29.2 Å². The molecule has 3 rings (SSSR count). The van der Waals surface area contributed by atoms with Gasteiger partial charge in [0.05, 0.1) is 0 Å². The van der Waals surface area contributed by atoms with Gasteiger partial charge in [-0.3, -0.25) is 0 Å². The number of ether oxygens (including phenoxy) is 1. The minimum Gasteiger partial charge on any atom is -0.396 e. The van der Waals surface area contributed by atoms with Gasteiger partial charge >= 0.3 is 8.56 Å². The quantitative estimate of drug-likeness (QED) is 0.652. The second-order valence-electron chi connectivity index (χ2n) is 7.10. The van der Waals surface area contributed by atoms with Crippen LogP contribution in [0, 0.1) is 0 Å². The summed E-state index contributed by atoms with van der Waals surface area (Å²) in [5, 5.41) is 2.40. The van der Waals surface area contributed by atoms with E-state index in [9.17, 15) is 0 Å². The number of hydrogen-bond donors (Lipinski definition) is 0. The Morgan fingerprint density at radius 1 is 0.960 bits per heavy atom. The molecule has 0 radical (unpaired) electrons. The Balaban J connectivity index is 1.71. The Morgan fingerprint density at radius 2 is 1.72 bits per heavy atom. The van der Waals surface area contributed by atoms with Gasteiger partial charge in [0.15, 0.2) is 0 Å². The van der Waals surface area contributed by atoms with E-state index in [2.05, 4.69) is 42.5 Å². The van der Waals surface area contributed by atoms with Gasteiger partial charge in [-0.05, 0) is 48.1 Å². The van der Waals surface area contributed by atoms with Gasteiger partial charge in [-0.1, -0.05) is 55.3 Å². The highest BCUT2D eigenvalue weighted by Crippen LogP contribution is 2.43.